The highest BCUT2D eigenvalue weighted by Crippen LogP contribution is 2.19. The first-order valence-electron chi connectivity index (χ1n) is 6.41. The predicted octanol–water partition coefficient (Wildman–Crippen LogP) is 0.757. The number of anilines is 1. The lowest BCUT2D eigenvalue weighted by Gasteiger charge is -2.17. The van der Waals surface area contributed by atoms with E-state index in [1.807, 2.05) is 12.1 Å². The summed E-state index contributed by atoms with van der Waals surface area (Å²) in [5.41, 5.74) is 6.25. The summed E-state index contributed by atoms with van der Waals surface area (Å²) in [7, 11) is -0.306. The second-order valence-electron chi connectivity index (χ2n) is 4.81. The van der Waals surface area contributed by atoms with Crippen molar-refractivity contribution in [2.45, 2.75) is 17.9 Å². The van der Waals surface area contributed by atoms with Crippen LogP contribution in [0.2, 0.25) is 0 Å². The Morgan fingerprint density at radius 1 is 1.33 bits per heavy atom. The standard InChI is InChI=1S/C13H21N3O3S2/c1-10(13(17)16(2)3)15-21(18,19)9-8-20-12-6-4-11(14)5-7-12/h4-7,10,15H,8-9,14H2,1-3H3. The third-order valence-electron chi connectivity index (χ3n) is 2.67. The Hall–Kier alpha value is -1.25. The molecule has 0 heterocycles. The topological polar surface area (TPSA) is 92.5 Å². The molecule has 6 nitrogen and oxygen atoms in total. The molecule has 21 heavy (non-hydrogen) atoms. The highest BCUT2D eigenvalue weighted by molar-refractivity contribution is 8.00. The molecule has 1 aromatic rings. The Labute approximate surface area is 130 Å². The summed E-state index contributed by atoms with van der Waals surface area (Å²) in [5, 5.41) is 0. The summed E-state index contributed by atoms with van der Waals surface area (Å²) in [6, 6.07) is 6.47. The third kappa shape index (κ3) is 6.36. The van der Waals surface area contributed by atoms with Crippen molar-refractivity contribution in [1.82, 2.24) is 9.62 Å². The molecule has 1 unspecified atom stereocenters. The fraction of sp³-hybridized carbons (Fsp3) is 0.462. The van der Waals surface area contributed by atoms with Crippen molar-refractivity contribution in [3.05, 3.63) is 24.3 Å². The highest BCUT2D eigenvalue weighted by Gasteiger charge is 2.21. The van der Waals surface area contributed by atoms with Gasteiger partial charge in [-0.1, -0.05) is 0 Å². The van der Waals surface area contributed by atoms with E-state index >= 15 is 0 Å². The summed E-state index contributed by atoms with van der Waals surface area (Å²) in [5.74, 6) is 0.0830. The molecule has 1 atom stereocenters. The van der Waals surface area contributed by atoms with Crippen LogP contribution in [0.4, 0.5) is 5.69 Å². The van der Waals surface area contributed by atoms with Crippen LogP contribution in [0.5, 0.6) is 0 Å². The van der Waals surface area contributed by atoms with Crippen LogP contribution in [0.15, 0.2) is 29.2 Å². The van der Waals surface area contributed by atoms with Crippen LogP contribution in [0, 0.1) is 0 Å². The number of nitrogens with two attached hydrogens (primary N) is 1. The maximum absolute atomic E-state index is 11.9. The van der Waals surface area contributed by atoms with E-state index in [2.05, 4.69) is 4.72 Å². The van der Waals surface area contributed by atoms with Crippen molar-refractivity contribution in [1.29, 1.82) is 0 Å². The van der Waals surface area contributed by atoms with E-state index in [0.717, 1.165) is 4.90 Å². The molecule has 0 saturated heterocycles. The zero-order valence-electron chi connectivity index (χ0n) is 12.4. The van der Waals surface area contributed by atoms with Crippen molar-refractivity contribution >= 4 is 33.4 Å². The molecule has 0 aliphatic carbocycles. The smallest absolute Gasteiger partial charge is 0.239 e. The number of nitrogen functional groups attached to an aromatic ring is 1. The van der Waals surface area contributed by atoms with Gasteiger partial charge >= 0.3 is 0 Å². The molecular formula is C13H21N3O3S2. The molecular weight excluding hydrogens is 310 g/mol. The average Bonchev–Trinajstić information content (AvgIpc) is 2.39. The molecule has 0 aromatic heterocycles. The van der Waals surface area contributed by atoms with E-state index in [0.29, 0.717) is 11.4 Å². The lowest BCUT2D eigenvalue weighted by molar-refractivity contribution is -0.130. The third-order valence-corrected chi connectivity index (χ3v) is 5.39. The van der Waals surface area contributed by atoms with Gasteiger partial charge in [-0.2, -0.15) is 0 Å². The van der Waals surface area contributed by atoms with E-state index in [-0.39, 0.29) is 11.7 Å². The van der Waals surface area contributed by atoms with Crippen LogP contribution >= 0.6 is 11.8 Å². The summed E-state index contributed by atoms with van der Waals surface area (Å²) in [4.78, 5) is 13.9. The number of nitrogens with one attached hydrogen (secondary N) is 1. The molecule has 0 fully saturated rings. The van der Waals surface area contributed by atoms with Gasteiger partial charge in [-0.15, -0.1) is 11.8 Å². The Balaban J connectivity index is 2.46. The van der Waals surface area contributed by atoms with Crippen molar-refractivity contribution in [2.75, 3.05) is 31.3 Å². The van der Waals surface area contributed by atoms with Crippen LogP contribution in [-0.2, 0) is 14.8 Å². The minimum Gasteiger partial charge on any atom is -0.399 e. The van der Waals surface area contributed by atoms with E-state index < -0.39 is 16.1 Å². The fourth-order valence-electron chi connectivity index (χ4n) is 1.60. The molecule has 8 heteroatoms. The van der Waals surface area contributed by atoms with Gasteiger partial charge in [-0.3, -0.25) is 4.79 Å². The van der Waals surface area contributed by atoms with Gasteiger partial charge in [0.05, 0.1) is 11.8 Å². The van der Waals surface area contributed by atoms with E-state index in [1.54, 1.807) is 26.2 Å². The average molecular weight is 331 g/mol. The second kappa shape index (κ2) is 7.67. The Morgan fingerprint density at radius 3 is 2.43 bits per heavy atom. The maximum atomic E-state index is 11.9. The number of likely N-dealkylation sites (N-methyl/N-ethyl adjacent to an activating group) is 1. The van der Waals surface area contributed by atoms with Crippen molar-refractivity contribution in [3.63, 3.8) is 0 Å². The SMILES string of the molecule is CC(NS(=O)(=O)CCSc1ccc(N)cc1)C(=O)N(C)C. The number of carbonyl (C=O) groups excluding carboxylic acids is 1. The normalized spacial score (nSPS) is 12.9. The Morgan fingerprint density at radius 2 is 1.90 bits per heavy atom. The first-order valence-corrected chi connectivity index (χ1v) is 9.04. The lowest BCUT2D eigenvalue weighted by atomic mass is 10.3. The molecule has 0 aliphatic heterocycles. The fourth-order valence-corrected chi connectivity index (χ4v) is 4.13. The molecule has 0 radical (unpaired) electrons. The lowest BCUT2D eigenvalue weighted by Crippen LogP contribution is -2.45. The largest absolute Gasteiger partial charge is 0.399 e. The Bertz CT molecular complexity index is 571. The van der Waals surface area contributed by atoms with E-state index in [4.69, 9.17) is 5.73 Å². The number of nitrogens with zero attached hydrogens (tertiary/aromatic N) is 1. The second-order valence-corrected chi connectivity index (χ2v) is 7.85. The van der Waals surface area contributed by atoms with E-state index in [9.17, 15) is 13.2 Å². The molecule has 1 aromatic carbocycles. The number of rotatable bonds is 7. The van der Waals surface area contributed by atoms with Crippen LogP contribution in [0.25, 0.3) is 0 Å². The van der Waals surface area contributed by atoms with Gasteiger partial charge in [0.2, 0.25) is 15.9 Å². The van der Waals surface area contributed by atoms with Crippen LogP contribution in [0.3, 0.4) is 0 Å². The first-order chi connectivity index (χ1) is 9.71. The van der Waals surface area contributed by atoms with Crippen molar-refractivity contribution < 1.29 is 13.2 Å². The summed E-state index contributed by atoms with van der Waals surface area (Å²) in [6.45, 7) is 1.53. The van der Waals surface area contributed by atoms with Gasteiger partial charge < -0.3 is 10.6 Å². The van der Waals surface area contributed by atoms with Gasteiger partial charge in [0, 0.05) is 30.4 Å². The number of hydrogen-bond acceptors (Lipinski definition) is 5. The van der Waals surface area contributed by atoms with Gasteiger partial charge in [0.25, 0.3) is 0 Å². The molecule has 0 aliphatic rings. The van der Waals surface area contributed by atoms with Crippen LogP contribution in [0.1, 0.15) is 6.92 Å². The van der Waals surface area contributed by atoms with Gasteiger partial charge in [-0.05, 0) is 31.2 Å². The molecule has 1 rings (SSSR count). The zero-order valence-corrected chi connectivity index (χ0v) is 14.0. The monoisotopic (exact) mass is 331 g/mol. The molecule has 3 N–H and O–H groups in total. The zero-order chi connectivity index (χ0) is 16.0. The first kappa shape index (κ1) is 17.8. The van der Waals surface area contributed by atoms with Gasteiger partial charge in [0.15, 0.2) is 0 Å². The number of sulfonamides is 1. The number of carbonyl (C=O) groups is 1. The molecule has 0 spiro atoms. The minimum absolute atomic E-state index is 0.0485. The molecule has 1 amide bonds. The number of amides is 1. The highest BCUT2D eigenvalue weighted by atomic mass is 32.2. The summed E-state index contributed by atoms with van der Waals surface area (Å²) >= 11 is 1.43. The summed E-state index contributed by atoms with van der Waals surface area (Å²) < 4.78 is 26.2. The van der Waals surface area contributed by atoms with E-state index in [1.165, 1.54) is 23.6 Å². The predicted molar refractivity (Wildman–Crippen MR) is 86.7 cm³/mol. The van der Waals surface area contributed by atoms with Gasteiger partial charge in [0.1, 0.15) is 0 Å². The number of hydrogen-bond donors (Lipinski definition) is 2. The number of thioether (sulfide) groups is 1. The van der Waals surface area contributed by atoms with Crippen molar-refractivity contribution in [3.8, 4) is 0 Å². The van der Waals surface area contributed by atoms with Gasteiger partial charge in [-0.25, -0.2) is 13.1 Å². The minimum atomic E-state index is -3.48. The summed E-state index contributed by atoms with van der Waals surface area (Å²) in [6.07, 6.45) is 0. The van der Waals surface area contributed by atoms with Crippen molar-refractivity contribution in [2.24, 2.45) is 0 Å². The molecule has 118 valence electrons. The quantitative estimate of drug-likeness (QED) is 0.568. The maximum Gasteiger partial charge on any atom is 0.239 e. The Kier molecular flexibility index (Phi) is 6.50. The molecule has 0 bridgehead atoms. The van der Waals surface area contributed by atoms with Crippen LogP contribution < -0.4 is 10.5 Å². The number of benzene rings is 1. The van der Waals surface area contributed by atoms with Crippen LogP contribution in [-0.4, -0.2) is 50.9 Å². The molecule has 0 saturated carbocycles.